The predicted molar refractivity (Wildman–Crippen MR) is 59.5 cm³/mol. The molecule has 0 aliphatic carbocycles. The number of terminal acetylenes is 1. The van der Waals surface area contributed by atoms with Crippen molar-refractivity contribution in [1.82, 2.24) is 9.29 Å². The molecule has 90 valence electrons. The minimum Gasteiger partial charge on any atom is -0.358 e. The van der Waals surface area contributed by atoms with Gasteiger partial charge in [0.2, 0.25) is 10.0 Å². The molecular formula is C9H9N3O4S. The normalized spacial score (nSPS) is 11.1. The van der Waals surface area contributed by atoms with Gasteiger partial charge in [0.15, 0.2) is 6.20 Å². The molecule has 0 aliphatic rings. The number of hydrogen-bond donors (Lipinski definition) is 0. The molecule has 7 nitrogen and oxygen atoms in total. The Labute approximate surface area is 98.3 Å². The average Bonchev–Trinajstić information content (AvgIpc) is 2.29. The van der Waals surface area contributed by atoms with E-state index in [0.717, 1.165) is 22.6 Å². The molecule has 8 heteroatoms. The van der Waals surface area contributed by atoms with Gasteiger partial charge in [-0.3, -0.25) is 0 Å². The van der Waals surface area contributed by atoms with Crippen LogP contribution < -0.4 is 0 Å². The molecule has 0 amide bonds. The minimum absolute atomic E-state index is 0.0840. The van der Waals surface area contributed by atoms with Crippen LogP contribution in [-0.4, -0.2) is 36.2 Å². The molecule has 0 unspecified atom stereocenters. The van der Waals surface area contributed by atoms with Crippen LogP contribution in [0.3, 0.4) is 0 Å². The third-order valence-electron chi connectivity index (χ3n) is 1.93. The molecule has 17 heavy (non-hydrogen) atoms. The van der Waals surface area contributed by atoms with Gasteiger partial charge in [0.25, 0.3) is 0 Å². The van der Waals surface area contributed by atoms with Crippen molar-refractivity contribution in [2.24, 2.45) is 0 Å². The Balaban J connectivity index is 3.09. The number of nitro groups is 1. The maximum absolute atomic E-state index is 11.8. The SMILES string of the molecule is C#CCN(C)S(=O)(=O)c1ccc([N+](=O)[O-])nc1. The zero-order valence-electron chi connectivity index (χ0n) is 8.90. The molecule has 0 atom stereocenters. The van der Waals surface area contributed by atoms with E-state index >= 15 is 0 Å². The monoisotopic (exact) mass is 255 g/mol. The number of rotatable bonds is 4. The van der Waals surface area contributed by atoms with Crippen molar-refractivity contribution in [1.29, 1.82) is 0 Å². The maximum atomic E-state index is 11.8. The summed E-state index contributed by atoms with van der Waals surface area (Å²) in [6.07, 6.45) is 5.94. The molecular weight excluding hydrogens is 246 g/mol. The van der Waals surface area contributed by atoms with Gasteiger partial charge in [0, 0.05) is 13.1 Å². The number of nitrogens with zero attached hydrogens (tertiary/aromatic N) is 3. The molecule has 0 fully saturated rings. The molecule has 1 aromatic rings. The van der Waals surface area contributed by atoms with Crippen molar-refractivity contribution in [2.75, 3.05) is 13.6 Å². The summed E-state index contributed by atoms with van der Waals surface area (Å²) in [7, 11) is -2.42. The summed E-state index contributed by atoms with van der Waals surface area (Å²) < 4.78 is 24.6. The average molecular weight is 255 g/mol. The molecule has 0 spiro atoms. The summed E-state index contributed by atoms with van der Waals surface area (Å²) in [4.78, 5) is 12.9. The van der Waals surface area contributed by atoms with Crippen molar-refractivity contribution < 1.29 is 13.3 Å². The molecule has 0 saturated carbocycles. The highest BCUT2D eigenvalue weighted by Gasteiger charge is 2.22. The first kappa shape index (κ1) is 13.1. The molecule has 1 rings (SSSR count). The second-order valence-corrected chi connectivity index (χ2v) is 5.12. The third-order valence-corrected chi connectivity index (χ3v) is 3.72. The van der Waals surface area contributed by atoms with E-state index in [4.69, 9.17) is 6.42 Å². The van der Waals surface area contributed by atoms with Crippen molar-refractivity contribution in [3.05, 3.63) is 28.4 Å². The van der Waals surface area contributed by atoms with Crippen LogP contribution in [0.5, 0.6) is 0 Å². The van der Waals surface area contributed by atoms with E-state index in [9.17, 15) is 18.5 Å². The van der Waals surface area contributed by atoms with Gasteiger partial charge in [-0.05, 0) is 16.0 Å². The van der Waals surface area contributed by atoms with Gasteiger partial charge >= 0.3 is 5.82 Å². The molecule has 0 aromatic carbocycles. The minimum atomic E-state index is -3.74. The first-order chi connectivity index (χ1) is 7.89. The lowest BCUT2D eigenvalue weighted by Crippen LogP contribution is -2.27. The lowest BCUT2D eigenvalue weighted by atomic mass is 10.5. The van der Waals surface area contributed by atoms with E-state index in [1.807, 2.05) is 0 Å². The lowest BCUT2D eigenvalue weighted by Gasteiger charge is -2.12. The van der Waals surface area contributed by atoms with Crippen molar-refractivity contribution in [2.45, 2.75) is 4.90 Å². The molecule has 1 aromatic heterocycles. The number of pyridine rings is 1. The number of sulfonamides is 1. The van der Waals surface area contributed by atoms with Crippen LogP contribution in [0.4, 0.5) is 5.82 Å². The van der Waals surface area contributed by atoms with Crippen LogP contribution in [0.15, 0.2) is 23.2 Å². The molecule has 0 N–H and O–H groups in total. The van der Waals surface area contributed by atoms with Crippen molar-refractivity contribution >= 4 is 15.8 Å². The van der Waals surface area contributed by atoms with Crippen molar-refractivity contribution in [3.63, 3.8) is 0 Å². The molecule has 0 bridgehead atoms. The fourth-order valence-electron chi connectivity index (χ4n) is 1.03. The van der Waals surface area contributed by atoms with E-state index in [-0.39, 0.29) is 11.4 Å². The van der Waals surface area contributed by atoms with Gasteiger partial charge < -0.3 is 10.1 Å². The number of hydrogen-bond acceptors (Lipinski definition) is 5. The summed E-state index contributed by atoms with van der Waals surface area (Å²) in [5.41, 5.74) is 0. The molecule has 0 aliphatic heterocycles. The fourth-order valence-corrected chi connectivity index (χ4v) is 2.06. The second kappa shape index (κ2) is 4.90. The fraction of sp³-hybridized carbons (Fsp3) is 0.222. The highest BCUT2D eigenvalue weighted by molar-refractivity contribution is 7.89. The Morgan fingerprint density at radius 2 is 2.24 bits per heavy atom. The zero-order chi connectivity index (χ0) is 13.1. The Hall–Kier alpha value is -1.98. The van der Waals surface area contributed by atoms with Crippen LogP contribution in [0.2, 0.25) is 0 Å². The standard InChI is InChI=1S/C9H9N3O4S/c1-3-6-11(2)17(15,16)8-4-5-9(10-7-8)12(13)14/h1,4-5,7H,6H2,2H3. The molecule has 0 radical (unpaired) electrons. The zero-order valence-corrected chi connectivity index (χ0v) is 9.72. The highest BCUT2D eigenvalue weighted by atomic mass is 32.2. The van der Waals surface area contributed by atoms with Gasteiger partial charge in [-0.2, -0.15) is 4.31 Å². The van der Waals surface area contributed by atoms with Gasteiger partial charge in [0.05, 0.1) is 6.54 Å². The van der Waals surface area contributed by atoms with E-state index in [1.54, 1.807) is 0 Å². The Bertz CT molecular complexity index is 559. The van der Waals surface area contributed by atoms with E-state index in [0.29, 0.717) is 0 Å². The van der Waals surface area contributed by atoms with Crippen LogP contribution in [0.1, 0.15) is 0 Å². The van der Waals surface area contributed by atoms with E-state index < -0.39 is 20.8 Å². The van der Waals surface area contributed by atoms with E-state index in [2.05, 4.69) is 10.9 Å². The van der Waals surface area contributed by atoms with Crippen LogP contribution in [-0.2, 0) is 10.0 Å². The summed E-state index contributed by atoms with van der Waals surface area (Å²) in [6, 6.07) is 2.14. The smallest absolute Gasteiger partial charge is 0.358 e. The molecule has 0 saturated heterocycles. The summed E-state index contributed by atoms with van der Waals surface area (Å²) in [5.74, 6) is 1.78. The summed E-state index contributed by atoms with van der Waals surface area (Å²) in [6.45, 7) is -0.0840. The van der Waals surface area contributed by atoms with Crippen LogP contribution in [0, 0.1) is 22.5 Å². The lowest BCUT2D eigenvalue weighted by molar-refractivity contribution is -0.389. The molecule has 1 heterocycles. The largest absolute Gasteiger partial charge is 0.363 e. The first-order valence-corrected chi connectivity index (χ1v) is 5.84. The first-order valence-electron chi connectivity index (χ1n) is 4.40. The quantitative estimate of drug-likeness (QED) is 0.436. The summed E-state index contributed by atoms with van der Waals surface area (Å²) in [5, 5.41) is 10.4. The Kier molecular flexibility index (Phi) is 3.77. The van der Waals surface area contributed by atoms with Crippen LogP contribution in [0.25, 0.3) is 0 Å². The highest BCUT2D eigenvalue weighted by Crippen LogP contribution is 2.15. The second-order valence-electron chi connectivity index (χ2n) is 3.07. The van der Waals surface area contributed by atoms with Gasteiger partial charge in [-0.25, -0.2) is 8.42 Å². The predicted octanol–water partition coefficient (Wildman–Crippen LogP) is 0.244. The third kappa shape index (κ3) is 2.77. The van der Waals surface area contributed by atoms with Gasteiger partial charge in [0.1, 0.15) is 4.90 Å². The Morgan fingerprint density at radius 3 is 2.65 bits per heavy atom. The van der Waals surface area contributed by atoms with E-state index in [1.165, 1.54) is 7.05 Å². The van der Waals surface area contributed by atoms with Gasteiger partial charge in [-0.15, -0.1) is 6.42 Å². The topological polar surface area (TPSA) is 93.4 Å². The number of aromatic nitrogens is 1. The van der Waals surface area contributed by atoms with Crippen LogP contribution >= 0.6 is 0 Å². The Morgan fingerprint density at radius 1 is 1.59 bits per heavy atom. The van der Waals surface area contributed by atoms with Gasteiger partial charge in [-0.1, -0.05) is 5.92 Å². The summed E-state index contributed by atoms with van der Waals surface area (Å²) >= 11 is 0. The van der Waals surface area contributed by atoms with Crippen molar-refractivity contribution in [3.8, 4) is 12.3 Å². The maximum Gasteiger partial charge on any atom is 0.363 e.